The molecule has 1 heterocycles. The summed E-state index contributed by atoms with van der Waals surface area (Å²) in [6.07, 6.45) is 2.66. The van der Waals surface area contributed by atoms with Crippen molar-refractivity contribution in [3.05, 3.63) is 42.3 Å². The molecule has 1 aromatic heterocycles. The molecule has 2 rings (SSSR count). The fourth-order valence-electron chi connectivity index (χ4n) is 1.46. The number of aromatic nitrogens is 2. The summed E-state index contributed by atoms with van der Waals surface area (Å²) in [6.45, 7) is 2.89. The molecule has 94 valence electrons. The highest BCUT2D eigenvalue weighted by molar-refractivity contribution is 5.56. The zero-order chi connectivity index (χ0) is 12.8. The smallest absolute Gasteiger partial charge is 0.224 e. The van der Waals surface area contributed by atoms with Crippen LogP contribution in [0.4, 0.5) is 21.8 Å². The first-order valence-corrected chi connectivity index (χ1v) is 5.87. The van der Waals surface area contributed by atoms with Crippen molar-refractivity contribution in [3.63, 3.8) is 0 Å². The van der Waals surface area contributed by atoms with Crippen molar-refractivity contribution in [1.29, 1.82) is 0 Å². The Kier molecular flexibility index (Phi) is 4.06. The van der Waals surface area contributed by atoms with Crippen LogP contribution in [0.1, 0.15) is 13.3 Å². The van der Waals surface area contributed by atoms with E-state index in [0.29, 0.717) is 17.5 Å². The third-order valence-corrected chi connectivity index (χ3v) is 2.29. The van der Waals surface area contributed by atoms with Crippen molar-refractivity contribution in [2.45, 2.75) is 13.3 Å². The van der Waals surface area contributed by atoms with Crippen LogP contribution in [-0.4, -0.2) is 16.5 Å². The van der Waals surface area contributed by atoms with Gasteiger partial charge in [-0.1, -0.05) is 13.0 Å². The van der Waals surface area contributed by atoms with E-state index in [2.05, 4.69) is 27.5 Å². The molecule has 0 radical (unpaired) electrons. The number of rotatable bonds is 5. The third kappa shape index (κ3) is 3.41. The lowest BCUT2D eigenvalue weighted by Crippen LogP contribution is -2.05. The zero-order valence-electron chi connectivity index (χ0n) is 10.2. The molecule has 0 fully saturated rings. The van der Waals surface area contributed by atoms with Gasteiger partial charge in [0.1, 0.15) is 11.6 Å². The Balaban J connectivity index is 2.09. The van der Waals surface area contributed by atoms with Gasteiger partial charge in [-0.3, -0.25) is 0 Å². The number of hydrogen-bond donors (Lipinski definition) is 2. The first-order chi connectivity index (χ1) is 8.78. The summed E-state index contributed by atoms with van der Waals surface area (Å²) in [5, 5.41) is 6.13. The van der Waals surface area contributed by atoms with Crippen LogP contribution in [0.15, 0.2) is 36.5 Å². The van der Waals surface area contributed by atoms with Gasteiger partial charge in [-0.15, -0.1) is 0 Å². The minimum absolute atomic E-state index is 0.279. The number of nitrogens with one attached hydrogen (secondary N) is 2. The Morgan fingerprint density at radius 2 is 2.17 bits per heavy atom. The molecule has 0 aliphatic carbocycles. The van der Waals surface area contributed by atoms with Crippen LogP contribution in [-0.2, 0) is 0 Å². The van der Waals surface area contributed by atoms with Crippen LogP contribution in [0.25, 0.3) is 0 Å². The largest absolute Gasteiger partial charge is 0.354 e. The molecular formula is C13H15FN4. The standard InChI is InChI=1S/C13H15FN4/c1-2-7-15-13-16-8-6-12(18-13)17-11-5-3-4-10(14)9-11/h3-6,8-9H,2,7H2,1H3,(H2,15,16,17,18). The van der Waals surface area contributed by atoms with Gasteiger partial charge in [-0.2, -0.15) is 4.98 Å². The fraction of sp³-hybridized carbons (Fsp3) is 0.231. The second-order valence-electron chi connectivity index (χ2n) is 3.83. The lowest BCUT2D eigenvalue weighted by Gasteiger charge is -2.07. The maximum absolute atomic E-state index is 13.0. The molecule has 0 atom stereocenters. The van der Waals surface area contributed by atoms with Crippen molar-refractivity contribution in [1.82, 2.24) is 9.97 Å². The maximum atomic E-state index is 13.0. The van der Waals surface area contributed by atoms with Gasteiger partial charge in [-0.25, -0.2) is 9.37 Å². The second-order valence-corrected chi connectivity index (χ2v) is 3.83. The molecule has 2 N–H and O–H groups in total. The predicted octanol–water partition coefficient (Wildman–Crippen LogP) is 3.18. The first kappa shape index (κ1) is 12.3. The van der Waals surface area contributed by atoms with E-state index >= 15 is 0 Å². The Labute approximate surface area is 105 Å². The highest BCUT2D eigenvalue weighted by atomic mass is 19.1. The van der Waals surface area contributed by atoms with Gasteiger partial charge in [-0.05, 0) is 30.7 Å². The zero-order valence-corrected chi connectivity index (χ0v) is 10.2. The number of nitrogens with zero attached hydrogens (tertiary/aromatic N) is 2. The van der Waals surface area contributed by atoms with Crippen molar-refractivity contribution in [3.8, 4) is 0 Å². The molecule has 1 aromatic carbocycles. The highest BCUT2D eigenvalue weighted by Crippen LogP contribution is 2.15. The van der Waals surface area contributed by atoms with Crippen LogP contribution in [0.2, 0.25) is 0 Å². The SMILES string of the molecule is CCCNc1nccc(Nc2cccc(F)c2)n1. The van der Waals surface area contributed by atoms with Gasteiger partial charge < -0.3 is 10.6 Å². The number of halogens is 1. The molecule has 5 heteroatoms. The molecular weight excluding hydrogens is 231 g/mol. The van der Waals surface area contributed by atoms with E-state index in [9.17, 15) is 4.39 Å². The van der Waals surface area contributed by atoms with Gasteiger partial charge >= 0.3 is 0 Å². The molecule has 0 aliphatic heterocycles. The average Bonchev–Trinajstić information content (AvgIpc) is 2.37. The first-order valence-electron chi connectivity index (χ1n) is 5.87. The van der Waals surface area contributed by atoms with Crippen LogP contribution in [0.5, 0.6) is 0 Å². The molecule has 0 amide bonds. The third-order valence-electron chi connectivity index (χ3n) is 2.29. The van der Waals surface area contributed by atoms with E-state index in [-0.39, 0.29) is 5.82 Å². The molecule has 0 spiro atoms. The summed E-state index contributed by atoms with van der Waals surface area (Å²) >= 11 is 0. The lowest BCUT2D eigenvalue weighted by molar-refractivity contribution is 0.628. The topological polar surface area (TPSA) is 49.8 Å². The van der Waals surface area contributed by atoms with Crippen LogP contribution in [0.3, 0.4) is 0 Å². The van der Waals surface area contributed by atoms with Crippen molar-refractivity contribution in [2.75, 3.05) is 17.2 Å². The highest BCUT2D eigenvalue weighted by Gasteiger charge is 2.00. The van der Waals surface area contributed by atoms with Crippen LogP contribution in [0, 0.1) is 5.82 Å². The van der Waals surface area contributed by atoms with Gasteiger partial charge in [0, 0.05) is 18.4 Å². The summed E-state index contributed by atoms with van der Waals surface area (Å²) < 4.78 is 13.0. The molecule has 0 saturated heterocycles. The summed E-state index contributed by atoms with van der Waals surface area (Å²) in [6, 6.07) is 7.99. The molecule has 0 unspecified atom stereocenters. The monoisotopic (exact) mass is 246 g/mol. The fourth-order valence-corrected chi connectivity index (χ4v) is 1.46. The number of anilines is 3. The summed E-state index contributed by atoms with van der Waals surface area (Å²) in [5.74, 6) is 0.922. The minimum Gasteiger partial charge on any atom is -0.354 e. The second kappa shape index (κ2) is 5.95. The molecule has 0 bridgehead atoms. The van der Waals surface area contributed by atoms with Gasteiger partial charge in [0.2, 0.25) is 5.95 Å². The van der Waals surface area contributed by atoms with Crippen molar-refractivity contribution >= 4 is 17.5 Å². The molecule has 0 aliphatic rings. The Bertz CT molecular complexity index is 516. The Morgan fingerprint density at radius 1 is 1.28 bits per heavy atom. The number of hydrogen-bond acceptors (Lipinski definition) is 4. The van der Waals surface area contributed by atoms with E-state index in [0.717, 1.165) is 13.0 Å². The van der Waals surface area contributed by atoms with Crippen LogP contribution >= 0.6 is 0 Å². The minimum atomic E-state index is -0.279. The molecule has 2 aromatic rings. The molecule has 18 heavy (non-hydrogen) atoms. The lowest BCUT2D eigenvalue weighted by atomic mass is 10.3. The van der Waals surface area contributed by atoms with Crippen LogP contribution < -0.4 is 10.6 Å². The van der Waals surface area contributed by atoms with Crippen molar-refractivity contribution in [2.24, 2.45) is 0 Å². The Hall–Kier alpha value is -2.17. The number of benzene rings is 1. The van der Waals surface area contributed by atoms with Gasteiger partial charge in [0.05, 0.1) is 0 Å². The summed E-state index contributed by atoms with van der Waals surface area (Å²) in [7, 11) is 0. The van der Waals surface area contributed by atoms with Gasteiger partial charge in [0.25, 0.3) is 0 Å². The van der Waals surface area contributed by atoms with E-state index in [1.807, 2.05) is 0 Å². The van der Waals surface area contributed by atoms with E-state index in [1.54, 1.807) is 24.4 Å². The molecule has 0 saturated carbocycles. The molecule has 4 nitrogen and oxygen atoms in total. The van der Waals surface area contributed by atoms with Crippen molar-refractivity contribution < 1.29 is 4.39 Å². The summed E-state index contributed by atoms with van der Waals surface area (Å²) in [4.78, 5) is 8.38. The predicted molar refractivity (Wildman–Crippen MR) is 70.5 cm³/mol. The normalized spacial score (nSPS) is 10.1. The van der Waals surface area contributed by atoms with E-state index in [1.165, 1.54) is 12.1 Å². The Morgan fingerprint density at radius 3 is 2.94 bits per heavy atom. The summed E-state index contributed by atoms with van der Waals surface area (Å²) in [5.41, 5.74) is 0.662. The van der Waals surface area contributed by atoms with E-state index < -0.39 is 0 Å². The quantitative estimate of drug-likeness (QED) is 0.850. The van der Waals surface area contributed by atoms with E-state index in [4.69, 9.17) is 0 Å². The van der Waals surface area contributed by atoms with Gasteiger partial charge in [0.15, 0.2) is 0 Å². The average molecular weight is 246 g/mol. The maximum Gasteiger partial charge on any atom is 0.224 e.